The first-order valence-electron chi connectivity index (χ1n) is 7.07. The van der Waals surface area contributed by atoms with Crippen molar-refractivity contribution in [1.29, 1.82) is 0 Å². The topological polar surface area (TPSA) is 63.8 Å². The number of nitrogens with one attached hydrogen (secondary N) is 1. The Bertz CT molecular complexity index is 366. The van der Waals surface area contributed by atoms with Crippen LogP contribution in [0.3, 0.4) is 0 Å². The van der Waals surface area contributed by atoms with Crippen molar-refractivity contribution >= 4 is 11.5 Å². The van der Waals surface area contributed by atoms with E-state index in [-0.39, 0.29) is 6.04 Å². The summed E-state index contributed by atoms with van der Waals surface area (Å²) in [6, 6.07) is 0.245. The van der Waals surface area contributed by atoms with Crippen LogP contribution in [0, 0.1) is 11.8 Å². The maximum atomic E-state index is 5.81. The zero-order chi connectivity index (χ0) is 13.0. The molecule has 1 fully saturated rings. The molecule has 3 N–H and O–H groups in total. The first kappa shape index (κ1) is 13.9. The maximum absolute atomic E-state index is 5.81. The number of aromatic nitrogens is 2. The quantitative estimate of drug-likeness (QED) is 0.636. The molecule has 1 heterocycles. The largest absolute Gasteiger partial charge is 0.271 e. The number of aryl methyl sites for hydroxylation is 1. The summed E-state index contributed by atoms with van der Waals surface area (Å²) in [5.41, 5.74) is 4.14. The predicted octanol–water partition coefficient (Wildman–Crippen LogP) is 2.82. The van der Waals surface area contributed by atoms with Gasteiger partial charge in [0.05, 0.1) is 16.6 Å². The molecule has 3 unspecified atom stereocenters. The van der Waals surface area contributed by atoms with E-state index in [9.17, 15) is 0 Å². The van der Waals surface area contributed by atoms with Crippen molar-refractivity contribution < 1.29 is 0 Å². The van der Waals surface area contributed by atoms with Crippen LogP contribution in [0.2, 0.25) is 0 Å². The van der Waals surface area contributed by atoms with Gasteiger partial charge in [0.2, 0.25) is 0 Å². The molecule has 4 nitrogen and oxygen atoms in total. The van der Waals surface area contributed by atoms with Crippen molar-refractivity contribution in [3.8, 4) is 0 Å². The van der Waals surface area contributed by atoms with Crippen molar-refractivity contribution in [1.82, 2.24) is 15.0 Å². The third-order valence-corrected chi connectivity index (χ3v) is 5.10. The van der Waals surface area contributed by atoms with Gasteiger partial charge in [0, 0.05) is 0 Å². The van der Waals surface area contributed by atoms with Crippen LogP contribution in [-0.2, 0) is 6.42 Å². The monoisotopic (exact) mass is 268 g/mol. The zero-order valence-corrected chi connectivity index (χ0v) is 12.2. The van der Waals surface area contributed by atoms with Gasteiger partial charge in [0.1, 0.15) is 0 Å². The second kappa shape index (κ2) is 6.59. The van der Waals surface area contributed by atoms with E-state index < -0.39 is 0 Å². The van der Waals surface area contributed by atoms with Gasteiger partial charge in [-0.1, -0.05) is 37.6 Å². The molecule has 3 atom stereocenters. The Labute approximate surface area is 113 Å². The summed E-state index contributed by atoms with van der Waals surface area (Å²) in [5, 5.41) is 4.21. The third-order valence-electron chi connectivity index (χ3n) is 4.25. The third kappa shape index (κ3) is 2.90. The average molecular weight is 268 g/mol. The standard InChI is InChI=1S/C13H24N4S/c1-3-9-6-5-7-10(8-9)12(15-14)13-11(4-2)16-17-18-13/h9-10,12,15H,3-8,14H2,1-2H3. The average Bonchev–Trinajstić information content (AvgIpc) is 2.88. The minimum absolute atomic E-state index is 0.245. The normalized spacial score (nSPS) is 26.2. The lowest BCUT2D eigenvalue weighted by atomic mass is 9.76. The Balaban J connectivity index is 2.13. The molecule has 0 aliphatic heterocycles. The molecule has 1 aliphatic carbocycles. The fourth-order valence-electron chi connectivity index (χ4n) is 3.13. The molecule has 1 saturated carbocycles. The highest BCUT2D eigenvalue weighted by atomic mass is 32.1. The van der Waals surface area contributed by atoms with Gasteiger partial charge >= 0.3 is 0 Å². The van der Waals surface area contributed by atoms with Gasteiger partial charge in [-0.05, 0) is 42.6 Å². The van der Waals surface area contributed by atoms with E-state index in [0.717, 1.165) is 18.0 Å². The molecule has 1 aromatic heterocycles. The molecular formula is C13H24N4S. The summed E-state index contributed by atoms with van der Waals surface area (Å²) in [4.78, 5) is 1.25. The Morgan fingerprint density at radius 1 is 1.44 bits per heavy atom. The summed E-state index contributed by atoms with van der Waals surface area (Å²) in [5.74, 6) is 7.31. The van der Waals surface area contributed by atoms with Crippen LogP contribution in [0.4, 0.5) is 0 Å². The van der Waals surface area contributed by atoms with Gasteiger partial charge in [-0.15, -0.1) is 5.10 Å². The molecule has 2 rings (SSSR count). The van der Waals surface area contributed by atoms with Crippen LogP contribution < -0.4 is 11.3 Å². The lowest BCUT2D eigenvalue weighted by molar-refractivity contribution is 0.211. The smallest absolute Gasteiger partial charge is 0.0801 e. The van der Waals surface area contributed by atoms with E-state index in [1.165, 1.54) is 48.5 Å². The van der Waals surface area contributed by atoms with Gasteiger partial charge in [-0.25, -0.2) is 0 Å². The summed E-state index contributed by atoms with van der Waals surface area (Å²) in [6.45, 7) is 4.42. The number of hydrazine groups is 1. The molecule has 0 saturated heterocycles. The first-order chi connectivity index (χ1) is 8.80. The highest BCUT2D eigenvalue weighted by Gasteiger charge is 2.30. The Morgan fingerprint density at radius 3 is 2.94 bits per heavy atom. The maximum Gasteiger partial charge on any atom is 0.0801 e. The lowest BCUT2D eigenvalue weighted by Crippen LogP contribution is -2.35. The van der Waals surface area contributed by atoms with E-state index in [0.29, 0.717) is 5.92 Å². The molecule has 0 aromatic carbocycles. The molecule has 0 amide bonds. The van der Waals surface area contributed by atoms with Gasteiger partial charge in [-0.2, -0.15) is 0 Å². The molecule has 1 aromatic rings. The fourth-order valence-corrected chi connectivity index (χ4v) is 4.02. The van der Waals surface area contributed by atoms with Crippen LogP contribution in [0.5, 0.6) is 0 Å². The zero-order valence-electron chi connectivity index (χ0n) is 11.4. The summed E-state index contributed by atoms with van der Waals surface area (Å²) in [7, 11) is 0. The molecule has 0 radical (unpaired) electrons. The Kier molecular flexibility index (Phi) is 5.09. The van der Waals surface area contributed by atoms with Crippen molar-refractivity contribution in [2.45, 2.75) is 58.4 Å². The van der Waals surface area contributed by atoms with Gasteiger partial charge in [-0.3, -0.25) is 11.3 Å². The predicted molar refractivity (Wildman–Crippen MR) is 75.1 cm³/mol. The second-order valence-electron chi connectivity index (χ2n) is 5.28. The van der Waals surface area contributed by atoms with E-state index >= 15 is 0 Å². The summed E-state index contributed by atoms with van der Waals surface area (Å²) >= 11 is 1.51. The van der Waals surface area contributed by atoms with Gasteiger partial charge in [0.15, 0.2) is 0 Å². The number of hydrogen-bond donors (Lipinski definition) is 2. The van der Waals surface area contributed by atoms with Crippen molar-refractivity contribution in [2.24, 2.45) is 17.7 Å². The van der Waals surface area contributed by atoms with Crippen molar-refractivity contribution in [3.63, 3.8) is 0 Å². The highest BCUT2D eigenvalue weighted by molar-refractivity contribution is 7.05. The first-order valence-corrected chi connectivity index (χ1v) is 7.84. The molecule has 0 bridgehead atoms. The second-order valence-corrected chi connectivity index (χ2v) is 6.07. The SMILES string of the molecule is CCc1nnsc1C(NN)C1CCCC(CC)C1. The molecular weight excluding hydrogens is 244 g/mol. The summed E-state index contributed by atoms with van der Waals surface area (Å²) < 4.78 is 4.09. The van der Waals surface area contributed by atoms with E-state index in [1.807, 2.05) is 0 Å². The fraction of sp³-hybridized carbons (Fsp3) is 0.846. The lowest BCUT2D eigenvalue weighted by Gasteiger charge is -2.33. The Hall–Kier alpha value is -0.520. The summed E-state index contributed by atoms with van der Waals surface area (Å²) in [6.07, 6.45) is 7.49. The number of nitrogens with zero attached hydrogens (tertiary/aromatic N) is 2. The van der Waals surface area contributed by atoms with Crippen molar-refractivity contribution in [3.05, 3.63) is 10.6 Å². The molecule has 0 spiro atoms. The van der Waals surface area contributed by atoms with Crippen LogP contribution >= 0.6 is 11.5 Å². The van der Waals surface area contributed by atoms with Gasteiger partial charge < -0.3 is 0 Å². The molecule has 5 heteroatoms. The minimum atomic E-state index is 0.245. The van der Waals surface area contributed by atoms with Crippen LogP contribution in [-0.4, -0.2) is 9.59 Å². The van der Waals surface area contributed by atoms with Crippen molar-refractivity contribution in [2.75, 3.05) is 0 Å². The van der Waals surface area contributed by atoms with Gasteiger partial charge in [0.25, 0.3) is 0 Å². The van der Waals surface area contributed by atoms with Crippen LogP contribution in [0.15, 0.2) is 0 Å². The molecule has 1 aliphatic rings. The van der Waals surface area contributed by atoms with E-state index in [1.54, 1.807) is 0 Å². The van der Waals surface area contributed by atoms with Crippen LogP contribution in [0.25, 0.3) is 0 Å². The number of nitrogens with two attached hydrogens (primary N) is 1. The Morgan fingerprint density at radius 2 is 2.28 bits per heavy atom. The molecule has 102 valence electrons. The van der Waals surface area contributed by atoms with E-state index in [4.69, 9.17) is 5.84 Å². The highest BCUT2D eigenvalue weighted by Crippen LogP contribution is 2.39. The van der Waals surface area contributed by atoms with Crippen LogP contribution in [0.1, 0.15) is 62.6 Å². The molecule has 18 heavy (non-hydrogen) atoms. The minimum Gasteiger partial charge on any atom is -0.271 e. The number of hydrogen-bond acceptors (Lipinski definition) is 5. The van der Waals surface area contributed by atoms with E-state index in [2.05, 4.69) is 28.9 Å². The number of rotatable bonds is 5.